The van der Waals surface area contributed by atoms with Gasteiger partial charge in [-0.05, 0) is 36.6 Å². The van der Waals surface area contributed by atoms with Crippen LogP contribution in [0.1, 0.15) is 31.2 Å². The molecule has 1 amide bonds. The van der Waals surface area contributed by atoms with Gasteiger partial charge in [0, 0.05) is 17.7 Å². The molecule has 1 aliphatic rings. The first-order chi connectivity index (χ1) is 15.8. The molecule has 2 aromatic heterocycles. The lowest BCUT2D eigenvalue weighted by Crippen LogP contribution is -2.41. The summed E-state index contributed by atoms with van der Waals surface area (Å²) in [6.07, 6.45) is 2.70. The van der Waals surface area contributed by atoms with Crippen LogP contribution in [0.2, 0.25) is 0 Å². The number of H-pyrrole nitrogens is 1. The first kappa shape index (κ1) is 19.9. The number of carbonyl (C=O) groups excluding carboxylic acids is 1. The highest BCUT2D eigenvalue weighted by atomic mass is 16.5. The molecule has 10 heteroatoms. The fourth-order valence-electron chi connectivity index (χ4n) is 3.77. The van der Waals surface area contributed by atoms with Gasteiger partial charge in [0.1, 0.15) is 11.8 Å². The van der Waals surface area contributed by atoms with Crippen molar-refractivity contribution in [3.8, 4) is 28.5 Å². The van der Waals surface area contributed by atoms with E-state index in [4.69, 9.17) is 9.26 Å². The zero-order chi connectivity index (χ0) is 21.8. The largest absolute Gasteiger partial charge is 0.484 e. The maximum Gasteiger partial charge on any atom is 0.261 e. The molecule has 2 aromatic carbocycles. The summed E-state index contributed by atoms with van der Waals surface area (Å²) in [5, 5.41) is 18.1. The van der Waals surface area contributed by atoms with E-state index in [1.165, 1.54) is 0 Å². The number of benzene rings is 2. The Morgan fingerprint density at radius 1 is 1.06 bits per heavy atom. The number of piperidine rings is 1. The highest BCUT2D eigenvalue weighted by Crippen LogP contribution is 2.31. The van der Waals surface area contributed by atoms with Crippen molar-refractivity contribution in [2.75, 3.05) is 13.2 Å². The van der Waals surface area contributed by atoms with E-state index in [1.54, 1.807) is 4.90 Å². The van der Waals surface area contributed by atoms with E-state index in [9.17, 15) is 4.79 Å². The van der Waals surface area contributed by atoms with Gasteiger partial charge in [-0.25, -0.2) is 0 Å². The van der Waals surface area contributed by atoms with Crippen LogP contribution in [0.5, 0.6) is 5.75 Å². The number of ether oxygens (including phenoxy) is 1. The predicted octanol–water partition coefficient (Wildman–Crippen LogP) is 3.05. The van der Waals surface area contributed by atoms with Gasteiger partial charge in [-0.15, -0.1) is 10.2 Å². The zero-order valence-electron chi connectivity index (χ0n) is 17.2. The average Bonchev–Trinajstić information content (AvgIpc) is 3.56. The van der Waals surface area contributed by atoms with Gasteiger partial charge in [0.15, 0.2) is 6.61 Å². The van der Waals surface area contributed by atoms with E-state index in [0.29, 0.717) is 29.8 Å². The summed E-state index contributed by atoms with van der Waals surface area (Å²) in [4.78, 5) is 19.2. The number of aromatic amines is 1. The van der Waals surface area contributed by atoms with Crippen molar-refractivity contribution in [1.82, 2.24) is 35.7 Å². The minimum Gasteiger partial charge on any atom is -0.484 e. The number of tetrazole rings is 1. The van der Waals surface area contributed by atoms with Crippen LogP contribution < -0.4 is 4.74 Å². The minimum absolute atomic E-state index is 0.0287. The highest BCUT2D eigenvalue weighted by molar-refractivity contribution is 5.78. The molecule has 4 aromatic rings. The Morgan fingerprint density at radius 3 is 2.59 bits per heavy atom. The van der Waals surface area contributed by atoms with E-state index in [0.717, 1.165) is 30.4 Å². The molecule has 0 radical (unpaired) electrons. The molecule has 1 fully saturated rings. The molecule has 1 saturated heterocycles. The standard InChI is InChI=1S/C22H21N7O3/c30-19(14-31-17-6-2-1-3-7-17)29-13-5-4-8-18(29)22-23-20(26-32-22)15-9-11-16(12-10-15)21-24-27-28-25-21/h1-3,6-7,9-12,18H,4-5,8,13-14H2,(H,24,25,27,28)/t18-/m1/s1. The Labute approximate surface area is 183 Å². The van der Waals surface area contributed by atoms with Gasteiger partial charge in [-0.3, -0.25) is 4.79 Å². The van der Waals surface area contributed by atoms with Crippen molar-refractivity contribution in [2.24, 2.45) is 0 Å². The number of rotatable bonds is 6. The molecule has 0 spiro atoms. The summed E-state index contributed by atoms with van der Waals surface area (Å²) >= 11 is 0. The first-order valence-electron chi connectivity index (χ1n) is 10.4. The van der Waals surface area contributed by atoms with Crippen LogP contribution in [-0.4, -0.2) is 54.7 Å². The van der Waals surface area contributed by atoms with Crippen molar-refractivity contribution < 1.29 is 14.1 Å². The van der Waals surface area contributed by atoms with E-state index in [2.05, 4.69) is 30.8 Å². The van der Waals surface area contributed by atoms with Crippen LogP contribution in [0.15, 0.2) is 59.1 Å². The number of hydrogen-bond donors (Lipinski definition) is 1. The van der Waals surface area contributed by atoms with Crippen molar-refractivity contribution in [2.45, 2.75) is 25.3 Å². The third kappa shape index (κ3) is 4.20. The molecular weight excluding hydrogens is 410 g/mol. The molecule has 32 heavy (non-hydrogen) atoms. The highest BCUT2D eigenvalue weighted by Gasteiger charge is 2.32. The second kappa shape index (κ2) is 8.96. The van der Waals surface area contributed by atoms with Gasteiger partial charge in [-0.1, -0.05) is 47.6 Å². The number of likely N-dealkylation sites (tertiary alicyclic amines) is 1. The molecule has 0 unspecified atom stereocenters. The van der Waals surface area contributed by atoms with Gasteiger partial charge >= 0.3 is 0 Å². The van der Waals surface area contributed by atoms with Crippen LogP contribution in [0.3, 0.4) is 0 Å². The number of amides is 1. The molecule has 1 atom stereocenters. The number of hydrogen-bond acceptors (Lipinski definition) is 8. The molecule has 0 saturated carbocycles. The summed E-state index contributed by atoms with van der Waals surface area (Å²) in [7, 11) is 0. The molecule has 162 valence electrons. The average molecular weight is 431 g/mol. The molecule has 0 bridgehead atoms. The topological polar surface area (TPSA) is 123 Å². The maximum atomic E-state index is 12.9. The summed E-state index contributed by atoms with van der Waals surface area (Å²) < 4.78 is 11.2. The Bertz CT molecular complexity index is 1160. The third-order valence-corrected chi connectivity index (χ3v) is 5.40. The molecule has 1 aliphatic heterocycles. The van der Waals surface area contributed by atoms with E-state index >= 15 is 0 Å². The predicted molar refractivity (Wildman–Crippen MR) is 113 cm³/mol. The second-order valence-electron chi connectivity index (χ2n) is 7.47. The van der Waals surface area contributed by atoms with Crippen LogP contribution >= 0.6 is 0 Å². The Morgan fingerprint density at radius 2 is 1.84 bits per heavy atom. The SMILES string of the molecule is O=C(COc1ccccc1)N1CCCC[C@@H]1c1nc(-c2ccc(-c3nn[nH]n3)cc2)no1. The van der Waals surface area contributed by atoms with Gasteiger partial charge in [0.05, 0.1) is 0 Å². The molecule has 1 N–H and O–H groups in total. The fourth-order valence-corrected chi connectivity index (χ4v) is 3.77. The summed E-state index contributed by atoms with van der Waals surface area (Å²) in [6.45, 7) is 0.609. The Hall–Kier alpha value is -4.08. The minimum atomic E-state index is -0.254. The normalized spacial score (nSPS) is 16.1. The lowest BCUT2D eigenvalue weighted by Gasteiger charge is -2.33. The number of nitrogens with one attached hydrogen (secondary N) is 1. The maximum absolute atomic E-state index is 12.9. The van der Waals surface area contributed by atoms with E-state index in [1.807, 2.05) is 54.6 Å². The zero-order valence-corrected chi connectivity index (χ0v) is 17.2. The number of aromatic nitrogens is 6. The van der Waals surface area contributed by atoms with Crippen LogP contribution in [-0.2, 0) is 4.79 Å². The second-order valence-corrected chi connectivity index (χ2v) is 7.47. The molecule has 10 nitrogen and oxygen atoms in total. The van der Waals surface area contributed by atoms with Crippen LogP contribution in [0.4, 0.5) is 0 Å². The number of carbonyl (C=O) groups is 1. The van der Waals surface area contributed by atoms with E-state index < -0.39 is 0 Å². The van der Waals surface area contributed by atoms with Crippen LogP contribution in [0, 0.1) is 0 Å². The monoisotopic (exact) mass is 431 g/mol. The fraction of sp³-hybridized carbons (Fsp3) is 0.273. The van der Waals surface area contributed by atoms with Gasteiger partial charge in [-0.2, -0.15) is 10.2 Å². The number of nitrogens with zero attached hydrogens (tertiary/aromatic N) is 6. The van der Waals surface area contributed by atoms with Crippen LogP contribution in [0.25, 0.3) is 22.8 Å². The summed E-state index contributed by atoms with van der Waals surface area (Å²) in [6, 6.07) is 16.5. The van der Waals surface area contributed by atoms with Gasteiger partial charge in [0.25, 0.3) is 5.91 Å². The molecule has 3 heterocycles. The van der Waals surface area contributed by atoms with Crippen molar-refractivity contribution in [3.05, 3.63) is 60.5 Å². The third-order valence-electron chi connectivity index (χ3n) is 5.40. The van der Waals surface area contributed by atoms with E-state index in [-0.39, 0.29) is 18.6 Å². The summed E-state index contributed by atoms with van der Waals surface area (Å²) in [5.74, 6) is 1.99. The van der Waals surface area contributed by atoms with Crippen molar-refractivity contribution >= 4 is 5.91 Å². The Balaban J connectivity index is 1.29. The quantitative estimate of drug-likeness (QED) is 0.494. The van der Waals surface area contributed by atoms with Gasteiger partial charge in [0.2, 0.25) is 17.5 Å². The molecule has 5 rings (SSSR count). The number of para-hydroxylation sites is 1. The summed E-state index contributed by atoms with van der Waals surface area (Å²) in [5.41, 5.74) is 1.63. The lowest BCUT2D eigenvalue weighted by atomic mass is 10.0. The molecule has 0 aliphatic carbocycles. The Kier molecular flexibility index (Phi) is 5.56. The van der Waals surface area contributed by atoms with Crippen molar-refractivity contribution in [1.29, 1.82) is 0 Å². The van der Waals surface area contributed by atoms with Gasteiger partial charge < -0.3 is 14.2 Å². The first-order valence-corrected chi connectivity index (χ1v) is 10.4. The molecular formula is C22H21N7O3. The lowest BCUT2D eigenvalue weighted by molar-refractivity contribution is -0.138. The van der Waals surface area contributed by atoms with Crippen molar-refractivity contribution in [3.63, 3.8) is 0 Å². The smallest absolute Gasteiger partial charge is 0.261 e.